The molecule has 1 amide bonds. The number of ether oxygens (including phenoxy) is 1. The Labute approximate surface area is 206 Å². The Morgan fingerprint density at radius 3 is 2.49 bits per heavy atom. The first-order valence-corrected chi connectivity index (χ1v) is 11.6. The zero-order chi connectivity index (χ0) is 24.8. The minimum Gasteiger partial charge on any atom is -0.504 e. The predicted molar refractivity (Wildman–Crippen MR) is 134 cm³/mol. The maximum atomic E-state index is 12.4. The molecule has 3 aromatic carbocycles. The molecule has 1 heterocycles. The quantitative estimate of drug-likeness (QED) is 0.148. The molecule has 178 valence electrons. The van der Waals surface area contributed by atoms with E-state index in [0.29, 0.717) is 16.5 Å². The Morgan fingerprint density at radius 2 is 1.80 bits per heavy atom. The second-order valence-corrected chi connectivity index (χ2v) is 8.48. The largest absolute Gasteiger partial charge is 0.504 e. The van der Waals surface area contributed by atoms with Crippen molar-refractivity contribution in [1.82, 2.24) is 20.2 Å². The average molecular weight is 490 g/mol. The first kappa shape index (κ1) is 23.8. The lowest BCUT2D eigenvalue weighted by molar-refractivity contribution is -0.118. The molecule has 0 atom stereocenters. The molecule has 35 heavy (non-hydrogen) atoms. The second-order valence-electron chi connectivity index (χ2n) is 7.54. The molecule has 0 radical (unpaired) electrons. The van der Waals surface area contributed by atoms with Gasteiger partial charge in [-0.25, -0.2) is 5.43 Å². The number of aromatic hydroxyl groups is 2. The zero-order valence-electron chi connectivity index (χ0n) is 19.0. The molecule has 3 N–H and O–H groups in total. The minimum absolute atomic E-state index is 0.0559. The van der Waals surface area contributed by atoms with Gasteiger partial charge in [-0.2, -0.15) is 5.10 Å². The van der Waals surface area contributed by atoms with E-state index in [-0.39, 0.29) is 23.2 Å². The molecule has 0 bridgehead atoms. The van der Waals surface area contributed by atoms with Crippen LogP contribution in [0, 0.1) is 6.92 Å². The van der Waals surface area contributed by atoms with Crippen LogP contribution < -0.4 is 10.2 Å². The maximum absolute atomic E-state index is 12.4. The molecule has 1 aromatic heterocycles. The van der Waals surface area contributed by atoms with E-state index in [4.69, 9.17) is 4.74 Å². The predicted octanol–water partition coefficient (Wildman–Crippen LogP) is 3.90. The van der Waals surface area contributed by atoms with Gasteiger partial charge in [0.1, 0.15) is 5.75 Å². The number of carbonyl (C=O) groups excluding carboxylic acids is 1. The topological polar surface area (TPSA) is 122 Å². The normalized spacial score (nSPS) is 11.0. The van der Waals surface area contributed by atoms with Gasteiger partial charge in [0.15, 0.2) is 22.5 Å². The van der Waals surface area contributed by atoms with Crippen LogP contribution in [-0.2, 0) is 4.79 Å². The number of methoxy groups -OCH3 is 1. The highest BCUT2D eigenvalue weighted by Gasteiger charge is 2.17. The van der Waals surface area contributed by atoms with Crippen molar-refractivity contribution in [1.29, 1.82) is 0 Å². The number of phenolic OH excluding ortho intramolecular Hbond substituents is 2. The summed E-state index contributed by atoms with van der Waals surface area (Å²) in [6, 6.07) is 19.7. The molecule has 4 rings (SSSR count). The lowest BCUT2D eigenvalue weighted by Crippen LogP contribution is -2.20. The van der Waals surface area contributed by atoms with Crippen LogP contribution in [-0.4, -0.2) is 50.0 Å². The summed E-state index contributed by atoms with van der Waals surface area (Å²) in [5, 5.41) is 32.1. The molecular weight excluding hydrogens is 466 g/mol. The van der Waals surface area contributed by atoms with E-state index in [2.05, 4.69) is 20.7 Å². The SMILES string of the molecule is COc1ccc(-n2c(SCC(=O)N/N=C/c3ccc(O)c(O)c3)nnc2-c2ccc(C)cc2)cc1. The highest BCUT2D eigenvalue weighted by molar-refractivity contribution is 7.99. The zero-order valence-corrected chi connectivity index (χ0v) is 19.9. The molecule has 0 aliphatic heterocycles. The number of aromatic nitrogens is 3. The monoisotopic (exact) mass is 489 g/mol. The standard InChI is InChI=1S/C25H23N5O4S/c1-16-3-6-18(7-4-16)24-28-29-25(30(24)19-8-10-20(34-2)11-9-19)35-15-23(33)27-26-14-17-5-12-21(31)22(32)13-17/h3-14,31-32H,15H2,1-2H3,(H,27,33)/b26-14+. The van der Waals surface area contributed by atoms with Crippen molar-refractivity contribution in [2.45, 2.75) is 12.1 Å². The van der Waals surface area contributed by atoms with Crippen LogP contribution in [0.3, 0.4) is 0 Å². The number of aryl methyl sites for hydroxylation is 1. The molecule has 0 fully saturated rings. The summed E-state index contributed by atoms with van der Waals surface area (Å²) >= 11 is 1.23. The van der Waals surface area contributed by atoms with E-state index in [1.165, 1.54) is 30.1 Å². The lowest BCUT2D eigenvalue weighted by Gasteiger charge is -2.11. The highest BCUT2D eigenvalue weighted by Crippen LogP contribution is 2.29. The number of benzene rings is 3. The summed E-state index contributed by atoms with van der Waals surface area (Å²) in [5.41, 5.74) is 5.84. The van der Waals surface area contributed by atoms with Crippen molar-refractivity contribution < 1.29 is 19.7 Å². The number of carbonyl (C=O) groups is 1. The Kier molecular flexibility index (Phi) is 7.32. The van der Waals surface area contributed by atoms with E-state index in [0.717, 1.165) is 22.6 Å². The number of hydrogen-bond acceptors (Lipinski definition) is 8. The number of hydrazone groups is 1. The Morgan fingerprint density at radius 1 is 1.06 bits per heavy atom. The smallest absolute Gasteiger partial charge is 0.250 e. The third-order valence-corrected chi connectivity index (χ3v) is 5.94. The van der Waals surface area contributed by atoms with Crippen LogP contribution in [0.4, 0.5) is 0 Å². The van der Waals surface area contributed by atoms with E-state index in [1.807, 2.05) is 60.0 Å². The number of rotatable bonds is 8. The minimum atomic E-state index is -0.338. The Hall–Kier alpha value is -4.31. The van der Waals surface area contributed by atoms with Gasteiger partial charge in [0.25, 0.3) is 5.91 Å². The molecule has 9 nitrogen and oxygen atoms in total. The Balaban J connectivity index is 1.51. The number of amides is 1. The number of phenols is 2. The van der Waals surface area contributed by atoms with Gasteiger partial charge in [0.2, 0.25) is 0 Å². The summed E-state index contributed by atoms with van der Waals surface area (Å²) in [6.45, 7) is 2.02. The van der Waals surface area contributed by atoms with E-state index in [1.54, 1.807) is 13.2 Å². The fraction of sp³-hybridized carbons (Fsp3) is 0.120. The molecule has 0 saturated carbocycles. The van der Waals surface area contributed by atoms with Gasteiger partial charge < -0.3 is 14.9 Å². The molecule has 0 aliphatic rings. The third-order valence-electron chi connectivity index (χ3n) is 5.01. The first-order chi connectivity index (χ1) is 16.9. The van der Waals surface area contributed by atoms with Gasteiger partial charge in [-0.3, -0.25) is 9.36 Å². The van der Waals surface area contributed by atoms with Gasteiger partial charge in [-0.05, 0) is 55.0 Å². The molecule has 0 spiro atoms. The molecule has 0 unspecified atom stereocenters. The van der Waals surface area contributed by atoms with Crippen LogP contribution in [0.25, 0.3) is 17.1 Å². The Bertz CT molecular complexity index is 1350. The summed E-state index contributed by atoms with van der Waals surface area (Å²) < 4.78 is 7.16. The average Bonchev–Trinajstić information content (AvgIpc) is 3.29. The van der Waals surface area contributed by atoms with Gasteiger partial charge in [-0.15, -0.1) is 10.2 Å². The van der Waals surface area contributed by atoms with Crippen LogP contribution >= 0.6 is 11.8 Å². The molecule has 0 aliphatic carbocycles. The van der Waals surface area contributed by atoms with Crippen molar-refractivity contribution in [3.63, 3.8) is 0 Å². The number of nitrogens with one attached hydrogen (secondary N) is 1. The van der Waals surface area contributed by atoms with Gasteiger partial charge in [0, 0.05) is 11.3 Å². The van der Waals surface area contributed by atoms with Crippen LogP contribution in [0.5, 0.6) is 17.2 Å². The van der Waals surface area contributed by atoms with E-state index >= 15 is 0 Å². The van der Waals surface area contributed by atoms with Crippen molar-refractivity contribution in [2.24, 2.45) is 5.10 Å². The number of thioether (sulfide) groups is 1. The summed E-state index contributed by atoms with van der Waals surface area (Å²) in [4.78, 5) is 12.4. The van der Waals surface area contributed by atoms with Gasteiger partial charge in [-0.1, -0.05) is 41.6 Å². The fourth-order valence-electron chi connectivity index (χ4n) is 3.18. The van der Waals surface area contributed by atoms with E-state index in [9.17, 15) is 15.0 Å². The van der Waals surface area contributed by atoms with Crippen molar-refractivity contribution in [3.8, 4) is 34.3 Å². The second kappa shape index (κ2) is 10.7. The fourth-order valence-corrected chi connectivity index (χ4v) is 3.92. The van der Waals surface area contributed by atoms with Crippen molar-refractivity contribution >= 4 is 23.9 Å². The van der Waals surface area contributed by atoms with E-state index < -0.39 is 0 Å². The molecule has 4 aromatic rings. The molecular formula is C25H23N5O4S. The van der Waals surface area contributed by atoms with Crippen LogP contribution in [0.2, 0.25) is 0 Å². The van der Waals surface area contributed by atoms with Crippen molar-refractivity contribution in [2.75, 3.05) is 12.9 Å². The van der Waals surface area contributed by atoms with Crippen molar-refractivity contribution in [3.05, 3.63) is 77.9 Å². The third kappa shape index (κ3) is 5.79. The van der Waals surface area contributed by atoms with Gasteiger partial charge >= 0.3 is 0 Å². The molecule has 0 saturated heterocycles. The van der Waals surface area contributed by atoms with Crippen LogP contribution in [0.1, 0.15) is 11.1 Å². The first-order valence-electron chi connectivity index (χ1n) is 10.6. The highest BCUT2D eigenvalue weighted by atomic mass is 32.2. The lowest BCUT2D eigenvalue weighted by atomic mass is 10.1. The number of hydrogen-bond donors (Lipinski definition) is 3. The summed E-state index contributed by atoms with van der Waals surface area (Å²) in [6.07, 6.45) is 1.37. The maximum Gasteiger partial charge on any atom is 0.250 e. The van der Waals surface area contributed by atoms with Gasteiger partial charge in [0.05, 0.1) is 19.1 Å². The van der Waals surface area contributed by atoms with Crippen LogP contribution in [0.15, 0.2) is 77.0 Å². The summed E-state index contributed by atoms with van der Waals surface area (Å²) in [5.74, 6) is 0.609. The number of nitrogens with zero attached hydrogens (tertiary/aromatic N) is 4. The summed E-state index contributed by atoms with van der Waals surface area (Å²) in [7, 11) is 1.61. The molecule has 10 heteroatoms.